The number of carbonyl (C=O) groups is 1. The van der Waals surface area contributed by atoms with Gasteiger partial charge in [-0.25, -0.2) is 4.79 Å². The van der Waals surface area contributed by atoms with Gasteiger partial charge in [0.25, 0.3) is 0 Å². The maximum atomic E-state index is 11.3. The van der Waals surface area contributed by atoms with Crippen LogP contribution in [0.1, 0.15) is 40.4 Å². The third-order valence-corrected chi connectivity index (χ3v) is 5.49. The molecule has 2 aromatic rings. The van der Waals surface area contributed by atoms with E-state index in [-0.39, 0.29) is 5.92 Å². The number of likely N-dealkylation sites (tertiary alicyclic amines) is 1. The first-order valence-electron chi connectivity index (χ1n) is 9.01. The molecule has 1 unspecified atom stereocenters. The first kappa shape index (κ1) is 18.9. The minimum Gasteiger partial charge on any atom is -0.478 e. The number of halogens is 1. The zero-order valence-corrected chi connectivity index (χ0v) is 15.4. The van der Waals surface area contributed by atoms with E-state index in [0.29, 0.717) is 10.6 Å². The Kier molecular flexibility index (Phi) is 6.30. The van der Waals surface area contributed by atoms with Crippen LogP contribution in [0.25, 0.3) is 0 Å². The average Bonchev–Trinajstić information content (AvgIpc) is 2.67. The molecule has 0 aliphatic carbocycles. The minimum atomic E-state index is -0.870. The van der Waals surface area contributed by atoms with Gasteiger partial charge in [0.2, 0.25) is 0 Å². The summed E-state index contributed by atoms with van der Waals surface area (Å²) in [7, 11) is 0. The summed E-state index contributed by atoms with van der Waals surface area (Å²) in [6, 6.07) is 14.6. The van der Waals surface area contributed by atoms with Gasteiger partial charge in [-0.1, -0.05) is 41.9 Å². The number of aliphatic hydroxyl groups excluding tert-OH is 1. The smallest absolute Gasteiger partial charge is 0.335 e. The van der Waals surface area contributed by atoms with Crippen LogP contribution in [0.3, 0.4) is 0 Å². The van der Waals surface area contributed by atoms with E-state index in [4.69, 9.17) is 11.6 Å². The molecule has 0 bridgehead atoms. The molecule has 0 aromatic heterocycles. The Labute approximate surface area is 159 Å². The Bertz CT molecular complexity index is 739. The maximum absolute atomic E-state index is 11.3. The lowest BCUT2D eigenvalue weighted by molar-refractivity contribution is 0.0590. The van der Waals surface area contributed by atoms with Gasteiger partial charge in [0.05, 0.1) is 11.7 Å². The SMILES string of the molecule is O=C(O)c1ccccc1CCN1CCC(C(O)c2ccc(Cl)cc2)CC1. The number of carboxylic acids is 1. The normalized spacial score (nSPS) is 17.2. The van der Waals surface area contributed by atoms with Crippen LogP contribution < -0.4 is 0 Å². The molecule has 1 heterocycles. The van der Waals surface area contributed by atoms with E-state index < -0.39 is 12.1 Å². The number of aromatic carboxylic acids is 1. The van der Waals surface area contributed by atoms with Gasteiger partial charge in [-0.15, -0.1) is 0 Å². The minimum absolute atomic E-state index is 0.249. The Morgan fingerprint density at radius 3 is 2.42 bits per heavy atom. The van der Waals surface area contributed by atoms with Crippen molar-refractivity contribution in [1.29, 1.82) is 0 Å². The van der Waals surface area contributed by atoms with Crippen molar-refractivity contribution < 1.29 is 15.0 Å². The summed E-state index contributed by atoms with van der Waals surface area (Å²) in [4.78, 5) is 13.6. The molecule has 5 heteroatoms. The molecule has 0 radical (unpaired) electrons. The fraction of sp³-hybridized carbons (Fsp3) is 0.381. The molecular weight excluding hydrogens is 350 g/mol. The summed E-state index contributed by atoms with van der Waals surface area (Å²) >= 11 is 5.91. The van der Waals surface area contributed by atoms with Crippen molar-refractivity contribution in [3.63, 3.8) is 0 Å². The Balaban J connectivity index is 1.51. The Morgan fingerprint density at radius 2 is 1.77 bits per heavy atom. The summed E-state index contributed by atoms with van der Waals surface area (Å²) in [5.74, 6) is -0.621. The lowest BCUT2D eigenvalue weighted by Gasteiger charge is -2.34. The summed E-state index contributed by atoms with van der Waals surface area (Å²) in [6.07, 6.45) is 2.14. The summed E-state index contributed by atoms with van der Waals surface area (Å²) in [5.41, 5.74) is 2.19. The number of nitrogens with zero attached hydrogens (tertiary/aromatic N) is 1. The first-order valence-corrected chi connectivity index (χ1v) is 9.39. The molecule has 1 fully saturated rings. The van der Waals surface area contributed by atoms with Crippen molar-refractivity contribution in [1.82, 2.24) is 4.90 Å². The molecule has 1 aliphatic heterocycles. The number of rotatable bonds is 6. The molecule has 4 nitrogen and oxygen atoms in total. The van der Waals surface area contributed by atoms with Crippen LogP contribution in [-0.2, 0) is 6.42 Å². The first-order chi connectivity index (χ1) is 12.5. The molecule has 0 saturated carbocycles. The zero-order valence-electron chi connectivity index (χ0n) is 14.6. The van der Waals surface area contributed by atoms with Gasteiger partial charge in [-0.3, -0.25) is 0 Å². The molecule has 0 amide bonds. The standard InChI is InChI=1S/C21H24ClNO3/c22-18-7-5-16(6-8-18)20(24)17-10-13-23(14-11-17)12-9-15-3-1-2-4-19(15)21(25)26/h1-8,17,20,24H,9-14H2,(H,25,26). The van der Waals surface area contributed by atoms with Gasteiger partial charge < -0.3 is 15.1 Å². The largest absolute Gasteiger partial charge is 0.478 e. The highest BCUT2D eigenvalue weighted by Gasteiger charge is 2.26. The van der Waals surface area contributed by atoms with E-state index in [1.807, 2.05) is 36.4 Å². The molecule has 26 heavy (non-hydrogen) atoms. The van der Waals surface area contributed by atoms with Crippen molar-refractivity contribution in [3.8, 4) is 0 Å². The lowest BCUT2D eigenvalue weighted by Crippen LogP contribution is -2.37. The van der Waals surface area contributed by atoms with Crippen LogP contribution >= 0.6 is 11.6 Å². The fourth-order valence-electron chi connectivity index (χ4n) is 3.65. The number of piperidine rings is 1. The van der Waals surface area contributed by atoms with E-state index in [1.165, 1.54) is 0 Å². The zero-order chi connectivity index (χ0) is 18.5. The third kappa shape index (κ3) is 4.64. The second-order valence-electron chi connectivity index (χ2n) is 6.89. The molecule has 3 rings (SSSR count). The highest BCUT2D eigenvalue weighted by Crippen LogP contribution is 2.31. The predicted octanol–water partition coefficient (Wildman–Crippen LogP) is 4.03. The molecule has 1 aliphatic rings. The van der Waals surface area contributed by atoms with Crippen LogP contribution in [0.4, 0.5) is 0 Å². The highest BCUT2D eigenvalue weighted by molar-refractivity contribution is 6.30. The van der Waals surface area contributed by atoms with Gasteiger partial charge in [0, 0.05) is 11.6 Å². The number of hydrogen-bond donors (Lipinski definition) is 2. The van der Waals surface area contributed by atoms with Crippen molar-refractivity contribution in [2.75, 3.05) is 19.6 Å². The summed E-state index contributed by atoms with van der Waals surface area (Å²) in [5, 5.41) is 20.6. The predicted molar refractivity (Wildman–Crippen MR) is 103 cm³/mol. The fourth-order valence-corrected chi connectivity index (χ4v) is 3.78. The van der Waals surface area contributed by atoms with Gasteiger partial charge in [-0.05, 0) is 67.6 Å². The molecule has 1 atom stereocenters. The van der Waals surface area contributed by atoms with Gasteiger partial charge >= 0.3 is 5.97 Å². The van der Waals surface area contributed by atoms with E-state index in [0.717, 1.165) is 50.0 Å². The molecule has 0 spiro atoms. The Hall–Kier alpha value is -1.88. The summed E-state index contributed by atoms with van der Waals surface area (Å²) < 4.78 is 0. The van der Waals surface area contributed by atoms with Crippen molar-refractivity contribution in [2.45, 2.75) is 25.4 Å². The second-order valence-corrected chi connectivity index (χ2v) is 7.32. The highest BCUT2D eigenvalue weighted by atomic mass is 35.5. The molecule has 2 N–H and O–H groups in total. The number of carboxylic acid groups (broad SMARTS) is 1. The third-order valence-electron chi connectivity index (χ3n) is 5.24. The quantitative estimate of drug-likeness (QED) is 0.802. The summed E-state index contributed by atoms with van der Waals surface area (Å²) in [6.45, 7) is 2.68. The number of benzene rings is 2. The van der Waals surface area contributed by atoms with Crippen molar-refractivity contribution in [2.24, 2.45) is 5.92 Å². The lowest BCUT2D eigenvalue weighted by atomic mass is 9.87. The number of aliphatic hydroxyl groups is 1. The molecular formula is C21H24ClNO3. The maximum Gasteiger partial charge on any atom is 0.335 e. The van der Waals surface area contributed by atoms with Gasteiger partial charge in [-0.2, -0.15) is 0 Å². The molecule has 1 saturated heterocycles. The van der Waals surface area contributed by atoms with Crippen LogP contribution in [0.5, 0.6) is 0 Å². The van der Waals surface area contributed by atoms with Crippen molar-refractivity contribution >= 4 is 17.6 Å². The monoisotopic (exact) mass is 373 g/mol. The van der Waals surface area contributed by atoms with Crippen LogP contribution in [0.2, 0.25) is 5.02 Å². The van der Waals surface area contributed by atoms with Crippen LogP contribution in [-0.4, -0.2) is 40.7 Å². The van der Waals surface area contributed by atoms with Crippen molar-refractivity contribution in [3.05, 3.63) is 70.2 Å². The van der Waals surface area contributed by atoms with E-state index in [2.05, 4.69) is 4.90 Å². The topological polar surface area (TPSA) is 60.8 Å². The molecule has 138 valence electrons. The van der Waals surface area contributed by atoms with Gasteiger partial charge in [0.15, 0.2) is 0 Å². The van der Waals surface area contributed by atoms with Gasteiger partial charge in [0.1, 0.15) is 0 Å². The van der Waals surface area contributed by atoms with E-state index in [9.17, 15) is 15.0 Å². The van der Waals surface area contributed by atoms with E-state index >= 15 is 0 Å². The van der Waals surface area contributed by atoms with Crippen LogP contribution in [0, 0.1) is 5.92 Å². The van der Waals surface area contributed by atoms with E-state index in [1.54, 1.807) is 12.1 Å². The molecule has 2 aromatic carbocycles. The average molecular weight is 374 g/mol. The number of hydrogen-bond acceptors (Lipinski definition) is 3. The van der Waals surface area contributed by atoms with Crippen LogP contribution in [0.15, 0.2) is 48.5 Å². The Morgan fingerprint density at radius 1 is 1.12 bits per heavy atom. The second kappa shape index (κ2) is 8.67.